The maximum atomic E-state index is 15.8. The van der Waals surface area contributed by atoms with Crippen molar-refractivity contribution in [2.75, 3.05) is 4.90 Å². The Morgan fingerprint density at radius 2 is 1.52 bits per heavy atom. The Morgan fingerprint density at radius 1 is 0.875 bits per heavy atom. The van der Waals surface area contributed by atoms with Crippen LogP contribution in [0, 0.1) is 18.2 Å². The fourth-order valence-corrected chi connectivity index (χ4v) is 7.08. The number of ketones is 3. The van der Waals surface area contributed by atoms with Gasteiger partial charge in [0.15, 0.2) is 17.3 Å². The van der Waals surface area contributed by atoms with Gasteiger partial charge in [0, 0.05) is 33.3 Å². The lowest BCUT2D eigenvalue weighted by atomic mass is 9.64. The maximum absolute atomic E-state index is 15.8. The summed E-state index contributed by atoms with van der Waals surface area (Å²) in [6.45, 7) is 1.98. The minimum absolute atomic E-state index is 0.167. The third-order valence-corrected chi connectivity index (χ3v) is 8.85. The zero-order valence-corrected chi connectivity index (χ0v) is 22.2. The minimum Gasteiger partial charge on any atom is -0.352 e. The number of benzene rings is 4. The van der Waals surface area contributed by atoms with Crippen LogP contribution < -0.4 is 4.90 Å². The van der Waals surface area contributed by atoms with E-state index in [1.54, 1.807) is 66.7 Å². The maximum Gasteiger partial charge on any atom is 0.185 e. The highest BCUT2D eigenvalue weighted by atomic mass is 35.5. The summed E-state index contributed by atoms with van der Waals surface area (Å²) in [5, 5.41) is 0.473. The van der Waals surface area contributed by atoms with Crippen LogP contribution in [0.5, 0.6) is 0 Å². The molecule has 4 nitrogen and oxygen atoms in total. The zero-order chi connectivity index (χ0) is 27.8. The first kappa shape index (κ1) is 24.7. The lowest BCUT2D eigenvalue weighted by molar-refractivity contribution is 0.0664. The molecule has 0 saturated carbocycles. The lowest BCUT2D eigenvalue weighted by Crippen LogP contribution is -2.48. The molecular formula is C34H23ClFNO3. The van der Waals surface area contributed by atoms with E-state index in [0.717, 1.165) is 16.8 Å². The van der Waals surface area contributed by atoms with E-state index in [0.29, 0.717) is 21.7 Å². The molecule has 0 aromatic heterocycles. The van der Waals surface area contributed by atoms with Crippen molar-refractivity contribution in [3.63, 3.8) is 0 Å². The Hall–Kier alpha value is -4.35. The highest BCUT2D eigenvalue weighted by Gasteiger charge is 2.71. The van der Waals surface area contributed by atoms with Gasteiger partial charge in [-0.2, -0.15) is 0 Å². The van der Waals surface area contributed by atoms with E-state index in [2.05, 4.69) is 0 Å². The smallest absolute Gasteiger partial charge is 0.185 e. The second-order valence-corrected chi connectivity index (χ2v) is 11.1. The summed E-state index contributed by atoms with van der Waals surface area (Å²) < 4.78 is 15.8. The van der Waals surface area contributed by atoms with E-state index in [-0.39, 0.29) is 22.9 Å². The molecule has 40 heavy (non-hydrogen) atoms. The van der Waals surface area contributed by atoms with Crippen LogP contribution in [-0.4, -0.2) is 29.4 Å². The molecule has 3 atom stereocenters. The van der Waals surface area contributed by atoms with Crippen LogP contribution in [0.3, 0.4) is 0 Å². The van der Waals surface area contributed by atoms with Crippen molar-refractivity contribution in [1.29, 1.82) is 0 Å². The summed E-state index contributed by atoms with van der Waals surface area (Å²) in [6, 6.07) is 23.4. The van der Waals surface area contributed by atoms with Gasteiger partial charge in [0.25, 0.3) is 0 Å². The highest BCUT2D eigenvalue weighted by Crippen LogP contribution is 2.61. The Bertz CT molecular complexity index is 1740. The number of rotatable bonds is 3. The van der Waals surface area contributed by atoms with Crippen LogP contribution in [0.4, 0.5) is 10.1 Å². The van der Waals surface area contributed by atoms with Crippen molar-refractivity contribution in [2.24, 2.45) is 5.41 Å². The number of hydrogen-bond donors (Lipinski definition) is 0. The molecule has 1 aliphatic carbocycles. The summed E-state index contributed by atoms with van der Waals surface area (Å²) in [4.78, 5) is 45.6. The van der Waals surface area contributed by atoms with Gasteiger partial charge >= 0.3 is 0 Å². The van der Waals surface area contributed by atoms with Crippen LogP contribution in [0.1, 0.15) is 53.7 Å². The quantitative estimate of drug-likeness (QED) is 0.203. The number of halogens is 2. The molecule has 196 valence electrons. The van der Waals surface area contributed by atoms with Gasteiger partial charge in [-0.1, -0.05) is 77.8 Å². The van der Waals surface area contributed by atoms with Crippen LogP contribution in [0.15, 0.2) is 97.1 Å². The molecule has 6 heteroatoms. The molecular weight excluding hydrogens is 525 g/mol. The van der Waals surface area contributed by atoms with Crippen molar-refractivity contribution >= 4 is 40.7 Å². The summed E-state index contributed by atoms with van der Waals surface area (Å²) in [5.74, 6) is -2.74. The molecule has 1 spiro atoms. The second-order valence-electron chi connectivity index (χ2n) is 10.7. The molecule has 7 rings (SSSR count). The number of carbonyl (C=O) groups is 3. The number of carbonyl (C=O) groups excluding carboxylic acids is 3. The molecule has 1 fully saturated rings. The predicted octanol–water partition coefficient (Wildman–Crippen LogP) is 7.10. The number of anilines is 1. The van der Waals surface area contributed by atoms with Crippen molar-refractivity contribution in [1.82, 2.24) is 0 Å². The standard InChI is InChI=1S/C34H23ClFNO3/c1-19-10-16-27-21(18-19)13-17-28-34(32(39)23-6-2-3-7-24(23)33(34)40)29(25-8-4-5-9-26(25)36)30(37(27)28)31(38)20-11-14-22(35)15-12-20/h2-18,28-30H,1H3. The van der Waals surface area contributed by atoms with Crippen LogP contribution >= 0.6 is 11.6 Å². The molecule has 0 bridgehead atoms. The summed E-state index contributed by atoms with van der Waals surface area (Å²) in [5.41, 5.74) is 2.02. The summed E-state index contributed by atoms with van der Waals surface area (Å²) >= 11 is 6.13. The first-order chi connectivity index (χ1) is 19.3. The van der Waals surface area contributed by atoms with Gasteiger partial charge in [-0.15, -0.1) is 0 Å². The number of Topliss-reactive ketones (excluding diaryl/α,β-unsaturated/α-hetero) is 3. The minimum atomic E-state index is -1.74. The van der Waals surface area contributed by atoms with Gasteiger partial charge in [0.2, 0.25) is 0 Å². The first-order valence-corrected chi connectivity index (χ1v) is 13.5. The normalized spacial score (nSPS) is 21.9. The lowest BCUT2D eigenvalue weighted by Gasteiger charge is -2.37. The van der Waals surface area contributed by atoms with E-state index in [4.69, 9.17) is 11.6 Å². The number of hydrogen-bond acceptors (Lipinski definition) is 4. The SMILES string of the molecule is Cc1ccc2c(c1)C=CC1N2C(C(=O)c2ccc(Cl)cc2)C(c2ccccc2F)C12C(=O)c1ccccc1C2=O. The number of fused-ring (bicyclic) bond motifs is 5. The Balaban J connectivity index is 1.56. The van der Waals surface area contributed by atoms with Gasteiger partial charge < -0.3 is 4.90 Å². The van der Waals surface area contributed by atoms with Crippen LogP contribution in [-0.2, 0) is 0 Å². The number of nitrogens with zero attached hydrogens (tertiary/aromatic N) is 1. The predicted molar refractivity (Wildman–Crippen MR) is 153 cm³/mol. The topological polar surface area (TPSA) is 54.5 Å². The Kier molecular flexibility index (Phi) is 5.45. The Morgan fingerprint density at radius 3 is 2.20 bits per heavy atom. The van der Waals surface area contributed by atoms with Gasteiger partial charge in [-0.25, -0.2) is 4.39 Å². The molecule has 2 heterocycles. The largest absolute Gasteiger partial charge is 0.352 e. The molecule has 4 aromatic rings. The molecule has 3 aliphatic rings. The van der Waals surface area contributed by atoms with Gasteiger partial charge in [-0.05, 0) is 60.5 Å². The van der Waals surface area contributed by atoms with Crippen LogP contribution in [0.2, 0.25) is 5.02 Å². The van der Waals surface area contributed by atoms with Crippen LogP contribution in [0.25, 0.3) is 6.08 Å². The fourth-order valence-electron chi connectivity index (χ4n) is 6.95. The molecule has 2 aliphatic heterocycles. The van der Waals surface area contributed by atoms with E-state index >= 15 is 4.39 Å². The summed E-state index contributed by atoms with van der Waals surface area (Å²) in [7, 11) is 0. The summed E-state index contributed by atoms with van der Waals surface area (Å²) in [6.07, 6.45) is 3.74. The average molecular weight is 548 g/mol. The van der Waals surface area contributed by atoms with E-state index in [1.165, 1.54) is 6.07 Å². The third kappa shape index (κ3) is 3.21. The molecule has 0 N–H and O–H groups in total. The highest BCUT2D eigenvalue weighted by molar-refractivity contribution is 6.32. The zero-order valence-electron chi connectivity index (χ0n) is 21.5. The van der Waals surface area contributed by atoms with E-state index < -0.39 is 29.2 Å². The Labute approximate surface area is 235 Å². The van der Waals surface area contributed by atoms with Crippen molar-refractivity contribution in [2.45, 2.75) is 24.9 Å². The van der Waals surface area contributed by atoms with Gasteiger partial charge in [0.05, 0.1) is 6.04 Å². The third-order valence-electron chi connectivity index (χ3n) is 8.60. The number of aryl methyl sites for hydroxylation is 1. The molecule has 3 unspecified atom stereocenters. The van der Waals surface area contributed by atoms with E-state index in [1.807, 2.05) is 42.2 Å². The average Bonchev–Trinajstić information content (AvgIpc) is 3.39. The monoisotopic (exact) mass is 547 g/mol. The van der Waals surface area contributed by atoms with Crippen molar-refractivity contribution in [3.05, 3.63) is 141 Å². The van der Waals surface area contributed by atoms with E-state index in [9.17, 15) is 14.4 Å². The molecule has 4 aromatic carbocycles. The van der Waals surface area contributed by atoms with Gasteiger partial charge in [0.1, 0.15) is 17.3 Å². The van der Waals surface area contributed by atoms with Crippen molar-refractivity contribution < 1.29 is 18.8 Å². The van der Waals surface area contributed by atoms with Gasteiger partial charge in [-0.3, -0.25) is 14.4 Å². The fraction of sp³-hybridized carbons (Fsp3) is 0.147. The first-order valence-electron chi connectivity index (χ1n) is 13.1. The second kappa shape index (κ2) is 8.83. The molecule has 0 radical (unpaired) electrons. The van der Waals surface area contributed by atoms with Crippen molar-refractivity contribution in [3.8, 4) is 0 Å². The molecule has 0 amide bonds. The molecule has 1 saturated heterocycles.